The van der Waals surface area contributed by atoms with E-state index in [1.54, 1.807) is 24.1 Å². The first-order valence-corrected chi connectivity index (χ1v) is 10.5. The Hall–Kier alpha value is -1.95. The number of halogens is 1. The Bertz CT molecular complexity index is 743. The number of nitrogens with one attached hydrogen (secondary N) is 1. The lowest BCUT2D eigenvalue weighted by Gasteiger charge is -2.38. The monoisotopic (exact) mass is 387 g/mol. The highest BCUT2D eigenvalue weighted by atomic mass is 19.1. The molecule has 2 amide bonds. The van der Waals surface area contributed by atoms with Gasteiger partial charge in [-0.3, -0.25) is 9.59 Å². The van der Waals surface area contributed by atoms with Crippen molar-refractivity contribution in [2.75, 3.05) is 33.2 Å². The topological polar surface area (TPSA) is 52.7 Å². The summed E-state index contributed by atoms with van der Waals surface area (Å²) in [6, 6.07) is 5.86. The van der Waals surface area contributed by atoms with Crippen LogP contribution in [0.15, 0.2) is 24.3 Å². The Morgan fingerprint density at radius 2 is 2.04 bits per heavy atom. The van der Waals surface area contributed by atoms with Crippen molar-refractivity contribution in [3.05, 3.63) is 35.6 Å². The van der Waals surface area contributed by atoms with Gasteiger partial charge in [-0.25, -0.2) is 4.39 Å². The molecule has 1 aromatic rings. The first-order chi connectivity index (χ1) is 13.5. The molecule has 0 radical (unpaired) electrons. The summed E-state index contributed by atoms with van der Waals surface area (Å²) in [6.45, 7) is 4.12. The van der Waals surface area contributed by atoms with Gasteiger partial charge in [-0.15, -0.1) is 0 Å². The van der Waals surface area contributed by atoms with E-state index in [0.717, 1.165) is 6.54 Å². The fourth-order valence-electron chi connectivity index (χ4n) is 4.85. The number of rotatable bonds is 6. The summed E-state index contributed by atoms with van der Waals surface area (Å²) in [5.74, 6) is -0.690. The minimum atomic E-state index is -0.411. The lowest BCUT2D eigenvalue weighted by Crippen LogP contribution is -2.47. The average Bonchev–Trinajstić information content (AvgIpc) is 3.25. The minimum Gasteiger partial charge on any atom is -0.355 e. The third-order valence-electron chi connectivity index (χ3n) is 6.74. The summed E-state index contributed by atoms with van der Waals surface area (Å²) in [5, 5.41) is 3.18. The number of piperidine rings is 1. The molecule has 2 saturated heterocycles. The molecule has 2 aliphatic heterocycles. The molecular weight excluding hydrogens is 357 g/mol. The van der Waals surface area contributed by atoms with Crippen molar-refractivity contribution in [2.45, 2.75) is 44.6 Å². The highest BCUT2D eigenvalue weighted by molar-refractivity contribution is 5.85. The van der Waals surface area contributed by atoms with Gasteiger partial charge < -0.3 is 15.1 Å². The van der Waals surface area contributed by atoms with E-state index in [1.807, 2.05) is 0 Å². The Kier molecular flexibility index (Phi) is 5.41. The molecule has 2 atom stereocenters. The Labute approximate surface area is 166 Å². The van der Waals surface area contributed by atoms with Gasteiger partial charge in [0.05, 0.1) is 12.0 Å². The quantitative estimate of drug-likeness (QED) is 0.817. The van der Waals surface area contributed by atoms with Crippen LogP contribution in [0.1, 0.15) is 50.1 Å². The molecule has 4 rings (SSSR count). The van der Waals surface area contributed by atoms with Gasteiger partial charge in [0.1, 0.15) is 5.82 Å². The molecule has 0 bridgehead atoms. The van der Waals surface area contributed by atoms with Crippen LogP contribution in [0.4, 0.5) is 4.39 Å². The maximum atomic E-state index is 13.8. The summed E-state index contributed by atoms with van der Waals surface area (Å²) in [7, 11) is 1.72. The van der Waals surface area contributed by atoms with Gasteiger partial charge in [-0.1, -0.05) is 12.1 Å². The van der Waals surface area contributed by atoms with E-state index in [4.69, 9.17) is 0 Å². The zero-order valence-corrected chi connectivity index (χ0v) is 16.6. The van der Waals surface area contributed by atoms with Crippen LogP contribution in [0, 0.1) is 17.2 Å². The maximum Gasteiger partial charge on any atom is 0.225 e. The molecule has 1 aliphatic carbocycles. The lowest BCUT2D eigenvalue weighted by molar-refractivity contribution is -0.141. The molecule has 2 unspecified atom stereocenters. The second-order valence-corrected chi connectivity index (χ2v) is 8.85. The smallest absolute Gasteiger partial charge is 0.225 e. The summed E-state index contributed by atoms with van der Waals surface area (Å²) in [5.41, 5.74) is 0.916. The largest absolute Gasteiger partial charge is 0.355 e. The first-order valence-electron chi connectivity index (χ1n) is 10.5. The molecule has 1 N–H and O–H groups in total. The Balaban J connectivity index is 1.43. The third kappa shape index (κ3) is 4.07. The molecule has 0 spiro atoms. The molecule has 28 heavy (non-hydrogen) atoms. The van der Waals surface area contributed by atoms with Gasteiger partial charge >= 0.3 is 0 Å². The maximum absolute atomic E-state index is 13.8. The number of amides is 2. The van der Waals surface area contributed by atoms with Crippen molar-refractivity contribution in [3.8, 4) is 0 Å². The molecule has 3 fully saturated rings. The van der Waals surface area contributed by atoms with Crippen molar-refractivity contribution in [1.82, 2.24) is 15.1 Å². The summed E-state index contributed by atoms with van der Waals surface area (Å²) in [6.07, 6.45) is 5.76. The molecule has 0 aromatic heterocycles. The van der Waals surface area contributed by atoms with E-state index < -0.39 is 6.04 Å². The van der Waals surface area contributed by atoms with Gasteiger partial charge in [0.15, 0.2) is 0 Å². The standard InChI is InChI=1S/C22H30FN3O2/c1-25-19(27)8-7-18(20(25)16-5-4-6-17(23)13-16)21(28)24-14-22(9-10-22)15-26-11-2-3-12-26/h4-6,13,18,20H,2-3,7-12,14-15H2,1H3,(H,24,28). The normalized spacial score (nSPS) is 27.1. The van der Waals surface area contributed by atoms with Crippen molar-refractivity contribution < 1.29 is 14.0 Å². The number of benzene rings is 1. The zero-order valence-electron chi connectivity index (χ0n) is 16.6. The third-order valence-corrected chi connectivity index (χ3v) is 6.74. The van der Waals surface area contributed by atoms with Crippen molar-refractivity contribution in [3.63, 3.8) is 0 Å². The van der Waals surface area contributed by atoms with E-state index in [2.05, 4.69) is 10.2 Å². The first kappa shape index (κ1) is 19.4. The highest BCUT2D eigenvalue weighted by Crippen LogP contribution is 2.46. The second kappa shape index (κ2) is 7.82. The molecular formula is C22H30FN3O2. The summed E-state index contributed by atoms with van der Waals surface area (Å²) in [4.78, 5) is 29.4. The average molecular weight is 387 g/mol. The van der Waals surface area contributed by atoms with Crippen molar-refractivity contribution in [2.24, 2.45) is 11.3 Å². The van der Waals surface area contributed by atoms with Crippen LogP contribution < -0.4 is 5.32 Å². The fraction of sp³-hybridized carbons (Fsp3) is 0.636. The van der Waals surface area contributed by atoms with Gasteiger partial charge in [-0.05, 0) is 62.9 Å². The number of likely N-dealkylation sites (tertiary alicyclic amines) is 2. The summed E-state index contributed by atoms with van der Waals surface area (Å²) < 4.78 is 13.8. The molecule has 2 heterocycles. The van der Waals surface area contributed by atoms with Gasteiger partial charge in [0, 0.05) is 32.0 Å². The van der Waals surface area contributed by atoms with Crippen LogP contribution in [-0.2, 0) is 9.59 Å². The Morgan fingerprint density at radius 3 is 2.71 bits per heavy atom. The molecule has 3 aliphatic rings. The fourth-order valence-corrected chi connectivity index (χ4v) is 4.85. The predicted octanol–water partition coefficient (Wildman–Crippen LogP) is 2.73. The van der Waals surface area contributed by atoms with Crippen LogP contribution in [0.5, 0.6) is 0 Å². The van der Waals surface area contributed by atoms with Crippen LogP contribution in [0.2, 0.25) is 0 Å². The van der Waals surface area contributed by atoms with Gasteiger partial charge in [-0.2, -0.15) is 0 Å². The lowest BCUT2D eigenvalue weighted by atomic mass is 9.83. The number of carbonyl (C=O) groups is 2. The van der Waals surface area contributed by atoms with E-state index in [-0.39, 0.29) is 29.0 Å². The summed E-state index contributed by atoms with van der Waals surface area (Å²) >= 11 is 0. The molecule has 1 saturated carbocycles. The van der Waals surface area contributed by atoms with Crippen LogP contribution in [0.3, 0.4) is 0 Å². The number of hydrogen-bond donors (Lipinski definition) is 1. The van der Waals surface area contributed by atoms with Crippen LogP contribution in [-0.4, -0.2) is 54.8 Å². The number of nitrogens with zero attached hydrogens (tertiary/aromatic N) is 2. The second-order valence-electron chi connectivity index (χ2n) is 8.85. The Morgan fingerprint density at radius 1 is 1.29 bits per heavy atom. The van der Waals surface area contributed by atoms with E-state index in [1.165, 1.54) is 50.9 Å². The van der Waals surface area contributed by atoms with Crippen LogP contribution >= 0.6 is 0 Å². The molecule has 5 nitrogen and oxygen atoms in total. The van der Waals surface area contributed by atoms with Gasteiger partial charge in [0.25, 0.3) is 0 Å². The van der Waals surface area contributed by atoms with E-state index >= 15 is 0 Å². The van der Waals surface area contributed by atoms with Crippen LogP contribution in [0.25, 0.3) is 0 Å². The minimum absolute atomic E-state index is 0.00556. The zero-order chi connectivity index (χ0) is 19.7. The van der Waals surface area contributed by atoms with E-state index in [0.29, 0.717) is 24.9 Å². The molecule has 6 heteroatoms. The van der Waals surface area contributed by atoms with Gasteiger partial charge in [0.2, 0.25) is 11.8 Å². The molecule has 152 valence electrons. The van der Waals surface area contributed by atoms with Crippen molar-refractivity contribution >= 4 is 11.8 Å². The number of carbonyl (C=O) groups excluding carboxylic acids is 2. The predicted molar refractivity (Wildman–Crippen MR) is 105 cm³/mol. The van der Waals surface area contributed by atoms with Crippen molar-refractivity contribution in [1.29, 1.82) is 0 Å². The highest BCUT2D eigenvalue weighted by Gasteiger charge is 2.45. The molecule has 1 aromatic carbocycles. The number of hydrogen-bond acceptors (Lipinski definition) is 3. The van der Waals surface area contributed by atoms with E-state index in [9.17, 15) is 14.0 Å². The SMILES string of the molecule is CN1C(=O)CCC(C(=O)NCC2(CN3CCCC3)CC2)C1c1cccc(F)c1.